The molecule has 0 aliphatic heterocycles. The number of imidazole rings is 1. The molecule has 9 heteroatoms. The van der Waals surface area contributed by atoms with E-state index in [1.807, 2.05) is 93.8 Å². The number of carbonyl (C=O) groups excluding carboxylic acids is 1. The van der Waals surface area contributed by atoms with E-state index in [1.54, 1.807) is 18.3 Å². The first-order chi connectivity index (χ1) is 19.9. The Bertz CT molecular complexity index is 1980. The first-order valence-electron chi connectivity index (χ1n) is 13.7. The summed E-state index contributed by atoms with van der Waals surface area (Å²) in [4.78, 5) is 23.1. The molecule has 0 N–H and O–H groups in total. The Hall–Kier alpha value is -3.85. The summed E-state index contributed by atoms with van der Waals surface area (Å²) in [5, 5.41) is 6.88. The number of hydrogen-bond donors (Lipinski definition) is 0. The zero-order valence-corrected chi connectivity index (χ0v) is 26.3. The third kappa shape index (κ3) is 5.15. The summed E-state index contributed by atoms with van der Waals surface area (Å²) in [7, 11) is 3.93. The van der Waals surface area contributed by atoms with Crippen molar-refractivity contribution in [1.82, 2.24) is 24.3 Å². The third-order valence-corrected chi connectivity index (χ3v) is 8.63. The first kappa shape index (κ1) is 28.3. The number of ketones is 1. The van der Waals surface area contributed by atoms with Gasteiger partial charge in [-0.05, 0) is 82.1 Å². The van der Waals surface area contributed by atoms with Crippen molar-refractivity contribution in [3.05, 3.63) is 77.1 Å². The maximum absolute atomic E-state index is 13.1. The number of nitrogens with zero attached hydrogens (tertiary/aromatic N) is 5. The van der Waals surface area contributed by atoms with Crippen molar-refractivity contribution in [2.24, 2.45) is 14.1 Å². The number of aromatic nitrogens is 5. The van der Waals surface area contributed by atoms with Gasteiger partial charge in [-0.25, -0.2) is 9.97 Å². The summed E-state index contributed by atoms with van der Waals surface area (Å²) in [5.74, 6) is 0.798. The lowest BCUT2D eigenvalue weighted by Gasteiger charge is -2.29. The van der Waals surface area contributed by atoms with Crippen LogP contribution in [0.5, 0.6) is 0 Å². The molecule has 0 fully saturated rings. The lowest BCUT2D eigenvalue weighted by Crippen LogP contribution is -2.27. The normalized spacial score (nSPS) is 12.9. The van der Waals surface area contributed by atoms with Gasteiger partial charge in [0.25, 0.3) is 0 Å². The molecular formula is C33H32ClN5O2S. The zero-order chi connectivity index (χ0) is 29.9. The number of Topliss-reactive ketones (excluding diaryl/α,β-unsaturated/α-hetero) is 1. The fourth-order valence-electron chi connectivity index (χ4n) is 5.40. The molecule has 0 unspecified atom stereocenters. The van der Waals surface area contributed by atoms with Gasteiger partial charge in [0, 0.05) is 47.4 Å². The summed E-state index contributed by atoms with van der Waals surface area (Å²) in [6, 6.07) is 16.0. The molecule has 0 saturated carbocycles. The summed E-state index contributed by atoms with van der Waals surface area (Å²) >= 11 is 7.84. The number of halogens is 1. The largest absolute Gasteiger partial charge is 0.360 e. The van der Waals surface area contributed by atoms with Gasteiger partial charge in [0.2, 0.25) is 0 Å². The molecule has 0 spiro atoms. The molecule has 0 aliphatic rings. The van der Waals surface area contributed by atoms with Crippen molar-refractivity contribution >= 4 is 49.8 Å². The third-order valence-electron chi connectivity index (χ3n) is 7.26. The number of carbonyl (C=O) groups is 1. The van der Waals surface area contributed by atoms with Crippen LogP contribution >= 0.6 is 22.9 Å². The molecule has 6 rings (SSSR count). The van der Waals surface area contributed by atoms with Crippen LogP contribution in [0.25, 0.3) is 54.3 Å². The Kier molecular flexibility index (Phi) is 7.04. The summed E-state index contributed by atoms with van der Waals surface area (Å²) in [6.45, 7) is 9.50. The first-order valence-corrected chi connectivity index (χ1v) is 14.9. The van der Waals surface area contributed by atoms with E-state index in [2.05, 4.69) is 23.3 Å². The highest BCUT2D eigenvalue weighted by molar-refractivity contribution is 7.22. The van der Waals surface area contributed by atoms with Crippen LogP contribution in [0.3, 0.4) is 0 Å². The molecule has 0 amide bonds. The van der Waals surface area contributed by atoms with E-state index in [0.717, 1.165) is 65.5 Å². The van der Waals surface area contributed by atoms with Crippen LogP contribution in [0.2, 0.25) is 5.02 Å². The Morgan fingerprint density at radius 1 is 1.02 bits per heavy atom. The van der Waals surface area contributed by atoms with E-state index in [1.165, 1.54) is 0 Å². The van der Waals surface area contributed by atoms with Gasteiger partial charge in [-0.3, -0.25) is 9.48 Å². The second kappa shape index (κ2) is 10.5. The van der Waals surface area contributed by atoms with Crippen LogP contribution in [0.15, 0.2) is 60.9 Å². The van der Waals surface area contributed by atoms with Crippen molar-refractivity contribution < 1.29 is 9.53 Å². The Balaban J connectivity index is 1.53. The average molecular weight is 598 g/mol. The average Bonchev–Trinajstić information content (AvgIpc) is 3.63. The Morgan fingerprint density at radius 3 is 2.43 bits per heavy atom. The smallest absolute Gasteiger partial charge is 0.163 e. The molecule has 0 saturated heterocycles. The topological polar surface area (TPSA) is 74.8 Å². The number of ether oxygens (including phenoxy) is 1. The molecule has 3 aromatic heterocycles. The van der Waals surface area contributed by atoms with E-state index in [0.29, 0.717) is 5.02 Å². The monoisotopic (exact) mass is 597 g/mol. The molecule has 6 aromatic rings. The molecule has 3 heterocycles. The number of fused-ring (bicyclic) bond motifs is 2. The minimum atomic E-state index is -0.727. The van der Waals surface area contributed by atoms with Crippen molar-refractivity contribution in [3.63, 3.8) is 0 Å². The second-order valence-corrected chi connectivity index (χ2v) is 13.1. The SMILES string of the molecule is CC(=O)[C@@H](OC(C)(C)C)c1c(C)cc2nc(-c3cn(C)c(-c4ccc5c(cnn5C)c4)n3)sc2c1-c1ccc(Cl)cc1. The van der Waals surface area contributed by atoms with Crippen LogP contribution in [-0.2, 0) is 23.6 Å². The van der Waals surface area contributed by atoms with E-state index < -0.39 is 11.7 Å². The molecule has 3 aromatic carbocycles. The number of rotatable bonds is 6. The van der Waals surface area contributed by atoms with Crippen LogP contribution in [0.1, 0.15) is 44.9 Å². The van der Waals surface area contributed by atoms with E-state index in [9.17, 15) is 4.79 Å². The van der Waals surface area contributed by atoms with Gasteiger partial charge in [0.1, 0.15) is 22.6 Å². The highest BCUT2D eigenvalue weighted by Crippen LogP contribution is 2.44. The van der Waals surface area contributed by atoms with E-state index >= 15 is 0 Å². The van der Waals surface area contributed by atoms with Gasteiger partial charge in [-0.15, -0.1) is 11.3 Å². The molecule has 0 radical (unpaired) electrons. The number of hydrogen-bond acceptors (Lipinski definition) is 6. The fourth-order valence-corrected chi connectivity index (χ4v) is 6.61. The van der Waals surface area contributed by atoms with Gasteiger partial charge in [0.15, 0.2) is 5.78 Å². The van der Waals surface area contributed by atoms with E-state index in [4.69, 9.17) is 26.3 Å². The van der Waals surface area contributed by atoms with Crippen molar-refractivity contribution in [2.45, 2.75) is 46.3 Å². The molecule has 214 valence electrons. The molecule has 1 atom stereocenters. The predicted octanol–water partition coefficient (Wildman–Crippen LogP) is 8.32. The lowest BCUT2D eigenvalue weighted by atomic mass is 9.90. The van der Waals surface area contributed by atoms with Gasteiger partial charge >= 0.3 is 0 Å². The number of aryl methyl sites for hydroxylation is 3. The second-order valence-electron chi connectivity index (χ2n) is 11.7. The van der Waals surface area contributed by atoms with Crippen LogP contribution in [0, 0.1) is 6.92 Å². The highest BCUT2D eigenvalue weighted by Gasteiger charge is 2.30. The van der Waals surface area contributed by atoms with Crippen molar-refractivity contribution in [2.75, 3.05) is 0 Å². The van der Waals surface area contributed by atoms with Crippen LogP contribution in [-0.4, -0.2) is 35.7 Å². The Labute approximate surface area is 253 Å². The maximum atomic E-state index is 13.1. The fraction of sp³-hybridized carbons (Fsp3) is 0.273. The molecular weight excluding hydrogens is 566 g/mol. The Morgan fingerprint density at radius 2 is 1.74 bits per heavy atom. The minimum Gasteiger partial charge on any atom is -0.360 e. The summed E-state index contributed by atoms with van der Waals surface area (Å²) in [5.41, 5.74) is 6.89. The highest BCUT2D eigenvalue weighted by atomic mass is 35.5. The molecule has 7 nitrogen and oxygen atoms in total. The predicted molar refractivity (Wildman–Crippen MR) is 171 cm³/mol. The molecule has 42 heavy (non-hydrogen) atoms. The standard InChI is InChI=1S/C33H32ClN5O2S/c1-18-14-24-30(28(20-8-11-23(34)12-9-20)27(18)29(19(2)40)41-33(3,4)5)42-32(37-24)25-17-38(6)31(36-25)21-10-13-26-22(15-21)16-35-39(26)7/h8-17,29H,1-7H3/t29-/m1/s1. The van der Waals surface area contributed by atoms with Crippen molar-refractivity contribution in [1.29, 1.82) is 0 Å². The molecule has 0 bridgehead atoms. The minimum absolute atomic E-state index is 0.0488. The quantitative estimate of drug-likeness (QED) is 0.193. The van der Waals surface area contributed by atoms with Crippen molar-refractivity contribution in [3.8, 4) is 33.2 Å². The lowest BCUT2D eigenvalue weighted by molar-refractivity contribution is -0.138. The van der Waals surface area contributed by atoms with Gasteiger partial charge < -0.3 is 9.30 Å². The summed E-state index contributed by atoms with van der Waals surface area (Å²) < 4.78 is 11.2. The van der Waals surface area contributed by atoms with Gasteiger partial charge in [0.05, 0.1) is 27.5 Å². The van der Waals surface area contributed by atoms with Crippen LogP contribution in [0.4, 0.5) is 0 Å². The van der Waals surface area contributed by atoms with E-state index in [-0.39, 0.29) is 5.78 Å². The number of benzene rings is 3. The molecule has 0 aliphatic carbocycles. The van der Waals surface area contributed by atoms with Gasteiger partial charge in [-0.2, -0.15) is 5.10 Å². The summed E-state index contributed by atoms with van der Waals surface area (Å²) in [6.07, 6.45) is 3.15. The zero-order valence-electron chi connectivity index (χ0n) is 24.7. The van der Waals surface area contributed by atoms with Gasteiger partial charge in [-0.1, -0.05) is 23.7 Å². The maximum Gasteiger partial charge on any atom is 0.163 e. The van der Waals surface area contributed by atoms with Crippen LogP contribution < -0.4 is 0 Å². The number of thiazole rings is 1.